The summed E-state index contributed by atoms with van der Waals surface area (Å²) in [6, 6.07) is 6.81. The van der Waals surface area contributed by atoms with E-state index in [9.17, 15) is 14.4 Å². The number of nitrogens with one attached hydrogen (secondary N) is 2. The van der Waals surface area contributed by atoms with Gasteiger partial charge in [-0.3, -0.25) is 14.4 Å². The summed E-state index contributed by atoms with van der Waals surface area (Å²) in [6.45, 7) is 9.37. The van der Waals surface area contributed by atoms with Crippen LogP contribution in [0.4, 0.5) is 0 Å². The molecule has 6 heteroatoms. The van der Waals surface area contributed by atoms with Crippen molar-refractivity contribution >= 4 is 17.7 Å². The first kappa shape index (κ1) is 22.3. The van der Waals surface area contributed by atoms with Gasteiger partial charge in [-0.05, 0) is 63.5 Å². The molecule has 30 heavy (non-hydrogen) atoms. The van der Waals surface area contributed by atoms with Gasteiger partial charge >= 0.3 is 0 Å². The summed E-state index contributed by atoms with van der Waals surface area (Å²) >= 11 is 0. The van der Waals surface area contributed by atoms with E-state index in [1.807, 2.05) is 36.9 Å². The number of piperidine rings is 1. The molecule has 1 aliphatic heterocycles. The van der Waals surface area contributed by atoms with Gasteiger partial charge in [-0.2, -0.15) is 0 Å². The summed E-state index contributed by atoms with van der Waals surface area (Å²) in [6.07, 6.45) is 3.45. The van der Waals surface area contributed by atoms with Gasteiger partial charge in [-0.1, -0.05) is 31.5 Å². The predicted molar refractivity (Wildman–Crippen MR) is 117 cm³/mol. The van der Waals surface area contributed by atoms with Crippen molar-refractivity contribution in [2.45, 2.75) is 65.5 Å². The fraction of sp³-hybridized carbons (Fsp3) is 0.625. The van der Waals surface area contributed by atoms with E-state index < -0.39 is 6.04 Å². The minimum atomic E-state index is -0.600. The third kappa shape index (κ3) is 5.61. The fourth-order valence-electron chi connectivity index (χ4n) is 3.93. The second-order valence-corrected chi connectivity index (χ2v) is 9.30. The van der Waals surface area contributed by atoms with Crippen LogP contribution in [0.1, 0.15) is 62.4 Å². The van der Waals surface area contributed by atoms with Gasteiger partial charge in [0, 0.05) is 30.6 Å². The smallest absolute Gasteiger partial charge is 0.251 e. The number of aryl methyl sites for hydroxylation is 1. The lowest BCUT2D eigenvalue weighted by molar-refractivity contribution is -0.134. The highest BCUT2D eigenvalue weighted by atomic mass is 16.2. The molecule has 0 bridgehead atoms. The second kappa shape index (κ2) is 9.63. The standard InChI is InChI=1S/C24H35N3O3/c1-15(2)17(4)25-23(29)21(26-22(28)20-7-5-6-16(3)14-20)18-10-12-27(13-11-18)24(30)19-8-9-19/h5-7,14-15,17-19,21H,8-13H2,1-4H3,(H,25,29)(H,26,28)/t17-,21-/m0/s1. The average molecular weight is 414 g/mol. The zero-order chi connectivity index (χ0) is 21.8. The first-order valence-corrected chi connectivity index (χ1v) is 11.2. The second-order valence-electron chi connectivity index (χ2n) is 9.30. The Hall–Kier alpha value is -2.37. The summed E-state index contributed by atoms with van der Waals surface area (Å²) in [7, 11) is 0. The molecule has 0 unspecified atom stereocenters. The highest BCUT2D eigenvalue weighted by Gasteiger charge is 2.38. The number of hydrogen-bond acceptors (Lipinski definition) is 3. The highest BCUT2D eigenvalue weighted by Crippen LogP contribution is 2.33. The lowest BCUT2D eigenvalue weighted by Gasteiger charge is -2.36. The van der Waals surface area contributed by atoms with Crippen LogP contribution in [0.15, 0.2) is 24.3 Å². The minimum absolute atomic E-state index is 0.0152. The Morgan fingerprint density at radius 3 is 2.23 bits per heavy atom. The summed E-state index contributed by atoms with van der Waals surface area (Å²) in [5, 5.41) is 6.07. The molecular weight excluding hydrogens is 378 g/mol. The summed E-state index contributed by atoms with van der Waals surface area (Å²) in [5.74, 6) is 0.429. The van der Waals surface area contributed by atoms with E-state index in [2.05, 4.69) is 24.5 Å². The average Bonchev–Trinajstić information content (AvgIpc) is 3.56. The van der Waals surface area contributed by atoms with E-state index in [4.69, 9.17) is 0 Å². The largest absolute Gasteiger partial charge is 0.352 e. The van der Waals surface area contributed by atoms with Crippen molar-refractivity contribution in [1.29, 1.82) is 0 Å². The number of nitrogens with zero attached hydrogens (tertiary/aromatic N) is 1. The first-order chi connectivity index (χ1) is 14.3. The molecule has 1 saturated heterocycles. The zero-order valence-corrected chi connectivity index (χ0v) is 18.6. The van der Waals surface area contributed by atoms with E-state index in [1.165, 1.54) is 0 Å². The van der Waals surface area contributed by atoms with Gasteiger partial charge in [-0.25, -0.2) is 0 Å². The predicted octanol–water partition coefficient (Wildman–Crippen LogP) is 2.90. The van der Waals surface area contributed by atoms with Crippen LogP contribution in [0.3, 0.4) is 0 Å². The van der Waals surface area contributed by atoms with E-state index >= 15 is 0 Å². The third-order valence-corrected chi connectivity index (χ3v) is 6.47. The summed E-state index contributed by atoms with van der Waals surface area (Å²) in [5.41, 5.74) is 1.56. The number of carbonyl (C=O) groups excluding carboxylic acids is 3. The lowest BCUT2D eigenvalue weighted by atomic mass is 9.88. The van der Waals surface area contributed by atoms with Crippen LogP contribution in [0.25, 0.3) is 0 Å². The molecule has 3 amide bonds. The van der Waals surface area contributed by atoms with Crippen molar-refractivity contribution in [1.82, 2.24) is 15.5 Å². The topological polar surface area (TPSA) is 78.5 Å². The third-order valence-electron chi connectivity index (χ3n) is 6.47. The molecule has 2 atom stereocenters. The number of likely N-dealkylation sites (tertiary alicyclic amines) is 1. The van der Waals surface area contributed by atoms with Gasteiger partial charge in [0.25, 0.3) is 5.91 Å². The van der Waals surface area contributed by atoms with Gasteiger partial charge in [0.2, 0.25) is 11.8 Å². The SMILES string of the molecule is Cc1cccc(C(=O)N[C@H](C(=O)N[C@@H](C)C(C)C)C2CCN(C(=O)C3CC3)CC2)c1. The maximum Gasteiger partial charge on any atom is 0.251 e. The van der Waals surface area contributed by atoms with Crippen molar-refractivity contribution < 1.29 is 14.4 Å². The van der Waals surface area contributed by atoms with Crippen molar-refractivity contribution in [3.8, 4) is 0 Å². The molecule has 1 aromatic rings. The molecule has 0 aromatic heterocycles. The number of rotatable bonds is 7. The molecule has 2 aliphatic rings. The normalized spacial score (nSPS) is 19.3. The molecular formula is C24H35N3O3. The molecule has 6 nitrogen and oxygen atoms in total. The van der Waals surface area contributed by atoms with Crippen molar-refractivity contribution in [3.05, 3.63) is 35.4 Å². The van der Waals surface area contributed by atoms with Gasteiger partial charge in [0.1, 0.15) is 6.04 Å². The number of hydrogen-bond donors (Lipinski definition) is 2. The van der Waals surface area contributed by atoms with Crippen LogP contribution >= 0.6 is 0 Å². The molecule has 1 aliphatic carbocycles. The maximum atomic E-state index is 13.1. The van der Waals surface area contributed by atoms with E-state index in [0.29, 0.717) is 24.6 Å². The Morgan fingerprint density at radius 2 is 1.67 bits per heavy atom. The van der Waals surface area contributed by atoms with Gasteiger partial charge in [-0.15, -0.1) is 0 Å². The van der Waals surface area contributed by atoms with E-state index in [0.717, 1.165) is 31.2 Å². The van der Waals surface area contributed by atoms with Gasteiger partial charge < -0.3 is 15.5 Å². The Kier molecular flexibility index (Phi) is 7.16. The highest BCUT2D eigenvalue weighted by molar-refractivity contribution is 5.97. The Balaban J connectivity index is 1.69. The molecule has 3 rings (SSSR count). The number of amides is 3. The van der Waals surface area contributed by atoms with Crippen molar-refractivity contribution in [2.24, 2.45) is 17.8 Å². The summed E-state index contributed by atoms with van der Waals surface area (Å²) < 4.78 is 0. The Morgan fingerprint density at radius 1 is 1.00 bits per heavy atom. The van der Waals surface area contributed by atoms with Gasteiger partial charge in [0.05, 0.1) is 0 Å². The van der Waals surface area contributed by atoms with Crippen molar-refractivity contribution in [2.75, 3.05) is 13.1 Å². The van der Waals surface area contributed by atoms with Crippen LogP contribution in [0.2, 0.25) is 0 Å². The molecule has 2 fully saturated rings. The van der Waals surface area contributed by atoms with Crippen LogP contribution in [-0.2, 0) is 9.59 Å². The van der Waals surface area contributed by atoms with Crippen molar-refractivity contribution in [3.63, 3.8) is 0 Å². The van der Waals surface area contributed by atoms with E-state index in [-0.39, 0.29) is 35.6 Å². The Bertz CT molecular complexity index is 780. The van der Waals surface area contributed by atoms with Crippen LogP contribution in [0, 0.1) is 24.7 Å². The minimum Gasteiger partial charge on any atom is -0.352 e. The van der Waals surface area contributed by atoms with E-state index in [1.54, 1.807) is 6.07 Å². The monoisotopic (exact) mass is 413 g/mol. The molecule has 164 valence electrons. The fourth-order valence-corrected chi connectivity index (χ4v) is 3.93. The van der Waals surface area contributed by atoms with Gasteiger partial charge in [0.15, 0.2) is 0 Å². The molecule has 0 radical (unpaired) electrons. The number of carbonyl (C=O) groups is 3. The molecule has 2 N–H and O–H groups in total. The number of benzene rings is 1. The summed E-state index contributed by atoms with van der Waals surface area (Å²) in [4.78, 5) is 40.3. The molecule has 0 spiro atoms. The molecule has 1 aromatic carbocycles. The zero-order valence-electron chi connectivity index (χ0n) is 18.6. The molecule has 1 saturated carbocycles. The quantitative estimate of drug-likeness (QED) is 0.721. The first-order valence-electron chi connectivity index (χ1n) is 11.2. The maximum absolute atomic E-state index is 13.1. The molecule has 1 heterocycles. The van der Waals surface area contributed by atoms with Crippen LogP contribution in [-0.4, -0.2) is 47.8 Å². The Labute approximate surface area is 179 Å². The lowest BCUT2D eigenvalue weighted by Crippen LogP contribution is -2.55. The van der Waals surface area contributed by atoms with Crippen LogP contribution < -0.4 is 10.6 Å². The van der Waals surface area contributed by atoms with Crippen LogP contribution in [0.5, 0.6) is 0 Å².